The summed E-state index contributed by atoms with van der Waals surface area (Å²) in [7, 11) is 0. The van der Waals surface area contributed by atoms with Gasteiger partial charge in [0.15, 0.2) is 0 Å². The van der Waals surface area contributed by atoms with Crippen molar-refractivity contribution in [2.75, 3.05) is 0 Å². The standard InChI is InChI=1S/C18H24N2O5/c19-17(22)15(11-16(21)25-14-9-5-2-6-10-14)20-18(23)24-12-13-7-3-1-4-8-13/h1,3-4,7-8,14-15H,2,5-6,9-12H2,(H2,19,22)(H,20,23). The molecule has 1 aromatic rings. The Balaban J connectivity index is 1.77. The van der Waals surface area contributed by atoms with E-state index in [1.807, 2.05) is 18.2 Å². The van der Waals surface area contributed by atoms with Gasteiger partial charge < -0.3 is 20.5 Å². The lowest BCUT2D eigenvalue weighted by atomic mass is 9.98. The van der Waals surface area contributed by atoms with E-state index in [9.17, 15) is 14.4 Å². The molecular formula is C18H24N2O5. The lowest BCUT2D eigenvalue weighted by molar-refractivity contribution is -0.152. The number of amides is 2. The molecule has 25 heavy (non-hydrogen) atoms. The highest BCUT2D eigenvalue weighted by Gasteiger charge is 2.25. The fourth-order valence-corrected chi connectivity index (χ4v) is 2.71. The summed E-state index contributed by atoms with van der Waals surface area (Å²) in [4.78, 5) is 35.3. The Morgan fingerprint density at radius 3 is 2.44 bits per heavy atom. The second-order valence-corrected chi connectivity index (χ2v) is 6.12. The SMILES string of the molecule is NC(=O)C(CC(=O)OC1CCCCC1)NC(=O)OCc1ccccc1. The van der Waals surface area contributed by atoms with Crippen molar-refractivity contribution in [2.24, 2.45) is 5.73 Å². The fraction of sp³-hybridized carbons (Fsp3) is 0.500. The fourth-order valence-electron chi connectivity index (χ4n) is 2.71. The van der Waals surface area contributed by atoms with Gasteiger partial charge in [-0.05, 0) is 31.2 Å². The molecule has 0 aromatic heterocycles. The van der Waals surface area contributed by atoms with Crippen LogP contribution in [0.15, 0.2) is 30.3 Å². The summed E-state index contributed by atoms with van der Waals surface area (Å²) in [5, 5.41) is 2.32. The minimum Gasteiger partial charge on any atom is -0.462 e. The first-order chi connectivity index (χ1) is 12.0. The van der Waals surface area contributed by atoms with Gasteiger partial charge in [0.05, 0.1) is 6.42 Å². The molecule has 1 saturated carbocycles. The molecule has 1 atom stereocenters. The first kappa shape index (κ1) is 18.8. The van der Waals surface area contributed by atoms with Gasteiger partial charge >= 0.3 is 12.1 Å². The number of benzene rings is 1. The number of carbonyl (C=O) groups is 3. The maximum atomic E-state index is 12.0. The zero-order chi connectivity index (χ0) is 18.1. The van der Waals surface area contributed by atoms with Crippen LogP contribution >= 0.6 is 0 Å². The second-order valence-electron chi connectivity index (χ2n) is 6.12. The van der Waals surface area contributed by atoms with Crippen LogP contribution in [0.25, 0.3) is 0 Å². The van der Waals surface area contributed by atoms with E-state index in [4.69, 9.17) is 15.2 Å². The summed E-state index contributed by atoms with van der Waals surface area (Å²) in [5.41, 5.74) is 6.07. The molecular weight excluding hydrogens is 324 g/mol. The second kappa shape index (κ2) is 9.66. The van der Waals surface area contributed by atoms with E-state index in [1.165, 1.54) is 0 Å². The molecule has 0 spiro atoms. The molecule has 0 bridgehead atoms. The van der Waals surface area contributed by atoms with Gasteiger partial charge in [-0.2, -0.15) is 0 Å². The van der Waals surface area contributed by atoms with E-state index < -0.39 is 24.0 Å². The first-order valence-electron chi connectivity index (χ1n) is 8.50. The third-order valence-corrected chi connectivity index (χ3v) is 4.07. The molecule has 7 nitrogen and oxygen atoms in total. The van der Waals surface area contributed by atoms with Gasteiger partial charge in [0, 0.05) is 0 Å². The third-order valence-electron chi connectivity index (χ3n) is 4.07. The molecule has 1 aliphatic rings. The lowest BCUT2D eigenvalue weighted by Gasteiger charge is -2.23. The summed E-state index contributed by atoms with van der Waals surface area (Å²) >= 11 is 0. The molecule has 2 amide bonds. The molecule has 0 radical (unpaired) electrons. The average Bonchev–Trinajstić information content (AvgIpc) is 2.61. The van der Waals surface area contributed by atoms with Crippen LogP contribution in [-0.2, 0) is 25.7 Å². The van der Waals surface area contributed by atoms with Crippen LogP contribution in [0.2, 0.25) is 0 Å². The molecule has 136 valence electrons. The lowest BCUT2D eigenvalue weighted by Crippen LogP contribution is -2.46. The Hall–Kier alpha value is -2.57. The van der Waals surface area contributed by atoms with Crippen LogP contribution in [-0.4, -0.2) is 30.1 Å². The molecule has 0 saturated heterocycles. The molecule has 1 fully saturated rings. The Morgan fingerprint density at radius 1 is 1.12 bits per heavy atom. The number of alkyl carbamates (subject to hydrolysis) is 1. The van der Waals surface area contributed by atoms with Crippen molar-refractivity contribution in [1.29, 1.82) is 0 Å². The quantitative estimate of drug-likeness (QED) is 0.733. The van der Waals surface area contributed by atoms with E-state index in [0.29, 0.717) is 0 Å². The Bertz CT molecular complexity index is 584. The highest BCUT2D eigenvalue weighted by Crippen LogP contribution is 2.20. The number of primary amides is 1. The van der Waals surface area contributed by atoms with E-state index >= 15 is 0 Å². The first-order valence-corrected chi connectivity index (χ1v) is 8.50. The summed E-state index contributed by atoms with van der Waals surface area (Å²) in [5.74, 6) is -1.35. The molecule has 7 heteroatoms. The summed E-state index contributed by atoms with van der Waals surface area (Å²) in [6, 6.07) is 7.96. The van der Waals surface area contributed by atoms with Crippen LogP contribution in [0.4, 0.5) is 4.79 Å². The van der Waals surface area contributed by atoms with Crippen molar-refractivity contribution in [3.05, 3.63) is 35.9 Å². The van der Waals surface area contributed by atoms with Gasteiger partial charge in [0.2, 0.25) is 5.91 Å². The van der Waals surface area contributed by atoms with Crippen molar-refractivity contribution in [3.63, 3.8) is 0 Å². The predicted octanol–water partition coefficient (Wildman–Crippen LogP) is 2.03. The summed E-state index contributed by atoms with van der Waals surface area (Å²) in [6.45, 7) is 0.0602. The smallest absolute Gasteiger partial charge is 0.408 e. The van der Waals surface area contributed by atoms with Gasteiger partial charge in [-0.1, -0.05) is 36.8 Å². The topological polar surface area (TPSA) is 108 Å². The van der Waals surface area contributed by atoms with Crippen molar-refractivity contribution < 1.29 is 23.9 Å². The largest absolute Gasteiger partial charge is 0.462 e. The molecule has 2 rings (SSSR count). The Labute approximate surface area is 146 Å². The van der Waals surface area contributed by atoms with Gasteiger partial charge in [0.25, 0.3) is 0 Å². The zero-order valence-corrected chi connectivity index (χ0v) is 14.1. The van der Waals surface area contributed by atoms with Gasteiger partial charge in [-0.25, -0.2) is 4.79 Å². The number of esters is 1. The van der Waals surface area contributed by atoms with Crippen molar-refractivity contribution in [3.8, 4) is 0 Å². The third kappa shape index (κ3) is 6.82. The number of carbonyl (C=O) groups excluding carboxylic acids is 3. The van der Waals surface area contributed by atoms with Crippen LogP contribution in [0, 0.1) is 0 Å². The van der Waals surface area contributed by atoms with Crippen molar-refractivity contribution in [1.82, 2.24) is 5.32 Å². The highest BCUT2D eigenvalue weighted by atomic mass is 16.6. The maximum Gasteiger partial charge on any atom is 0.408 e. The van der Waals surface area contributed by atoms with E-state index in [1.54, 1.807) is 12.1 Å². The van der Waals surface area contributed by atoms with Gasteiger partial charge in [-0.3, -0.25) is 9.59 Å². The highest BCUT2D eigenvalue weighted by molar-refractivity contribution is 5.88. The minimum absolute atomic E-state index is 0.0602. The molecule has 0 heterocycles. The zero-order valence-electron chi connectivity index (χ0n) is 14.1. The number of hydrogen-bond acceptors (Lipinski definition) is 5. The number of hydrogen-bond donors (Lipinski definition) is 2. The van der Waals surface area contributed by atoms with Crippen LogP contribution in [0.1, 0.15) is 44.1 Å². The van der Waals surface area contributed by atoms with E-state index in [0.717, 1.165) is 37.7 Å². The molecule has 0 aliphatic heterocycles. The monoisotopic (exact) mass is 348 g/mol. The van der Waals surface area contributed by atoms with Crippen LogP contribution in [0.3, 0.4) is 0 Å². The predicted molar refractivity (Wildman–Crippen MR) is 90.3 cm³/mol. The number of nitrogens with two attached hydrogens (primary N) is 1. The minimum atomic E-state index is -1.15. The van der Waals surface area contributed by atoms with Gasteiger partial charge in [0.1, 0.15) is 18.8 Å². The maximum absolute atomic E-state index is 12.0. The number of nitrogens with one attached hydrogen (secondary N) is 1. The summed E-state index contributed by atoms with van der Waals surface area (Å²) in [6.07, 6.45) is 3.65. The molecule has 3 N–H and O–H groups in total. The number of rotatable bonds is 7. The molecule has 1 unspecified atom stereocenters. The van der Waals surface area contributed by atoms with Gasteiger partial charge in [-0.15, -0.1) is 0 Å². The Kier molecular flexibility index (Phi) is 7.25. The summed E-state index contributed by atoms with van der Waals surface area (Å²) < 4.78 is 10.4. The van der Waals surface area contributed by atoms with E-state index in [-0.39, 0.29) is 19.1 Å². The molecule has 1 aromatic carbocycles. The number of ether oxygens (including phenoxy) is 2. The average molecular weight is 348 g/mol. The molecule has 1 aliphatic carbocycles. The van der Waals surface area contributed by atoms with Crippen LogP contribution < -0.4 is 11.1 Å². The van der Waals surface area contributed by atoms with E-state index in [2.05, 4.69) is 5.32 Å². The Morgan fingerprint density at radius 2 is 1.80 bits per heavy atom. The van der Waals surface area contributed by atoms with Crippen molar-refractivity contribution >= 4 is 18.0 Å². The van der Waals surface area contributed by atoms with Crippen molar-refractivity contribution in [2.45, 2.75) is 57.3 Å². The normalized spacial score (nSPS) is 15.8. The van der Waals surface area contributed by atoms with Crippen LogP contribution in [0.5, 0.6) is 0 Å².